The molecule has 86 valence electrons. The van der Waals surface area contributed by atoms with Crippen LogP contribution in [0.4, 0.5) is 11.5 Å². The summed E-state index contributed by atoms with van der Waals surface area (Å²) in [5.41, 5.74) is 1.04. The van der Waals surface area contributed by atoms with Crippen molar-refractivity contribution in [3.63, 3.8) is 0 Å². The zero-order chi connectivity index (χ0) is 12.1. The Kier molecular flexibility index (Phi) is 3.25. The molecule has 2 rings (SSSR count). The van der Waals surface area contributed by atoms with Crippen LogP contribution >= 0.6 is 0 Å². The Morgan fingerprint density at radius 1 is 1.24 bits per heavy atom. The highest BCUT2D eigenvalue weighted by Gasteiger charge is 2.03. The second-order valence-electron chi connectivity index (χ2n) is 3.39. The first-order valence-electron chi connectivity index (χ1n) is 5.00. The predicted octanol–water partition coefficient (Wildman–Crippen LogP) is 2.00. The minimum Gasteiger partial charge on any atom is -0.365 e. The Morgan fingerprint density at radius 2 is 2.00 bits per heavy atom. The Hall–Kier alpha value is -2.50. The summed E-state index contributed by atoms with van der Waals surface area (Å²) in [7, 11) is 0. The van der Waals surface area contributed by atoms with Crippen LogP contribution in [0.15, 0.2) is 42.6 Å². The van der Waals surface area contributed by atoms with E-state index in [2.05, 4.69) is 15.5 Å². The summed E-state index contributed by atoms with van der Waals surface area (Å²) < 4.78 is 0. The number of nitro groups is 1. The molecule has 0 amide bonds. The second kappa shape index (κ2) is 5.02. The molecule has 0 saturated heterocycles. The zero-order valence-corrected chi connectivity index (χ0v) is 8.91. The molecule has 0 aliphatic rings. The van der Waals surface area contributed by atoms with Crippen molar-refractivity contribution in [3.05, 3.63) is 58.3 Å². The SMILES string of the molecule is O=[N+]([O-])c1ccc(CNc2cccnn2)cc1. The highest BCUT2D eigenvalue weighted by molar-refractivity contribution is 5.36. The normalized spacial score (nSPS) is 9.88. The van der Waals surface area contributed by atoms with Crippen molar-refractivity contribution >= 4 is 11.5 Å². The van der Waals surface area contributed by atoms with E-state index in [4.69, 9.17) is 0 Å². The highest BCUT2D eigenvalue weighted by atomic mass is 16.6. The number of nitrogens with zero attached hydrogens (tertiary/aromatic N) is 3. The van der Waals surface area contributed by atoms with Crippen LogP contribution in [0.1, 0.15) is 5.56 Å². The molecule has 1 N–H and O–H groups in total. The maximum Gasteiger partial charge on any atom is 0.269 e. The number of hydrogen-bond donors (Lipinski definition) is 1. The number of benzene rings is 1. The molecule has 17 heavy (non-hydrogen) atoms. The number of hydrogen-bond acceptors (Lipinski definition) is 5. The number of anilines is 1. The molecule has 0 aliphatic carbocycles. The lowest BCUT2D eigenvalue weighted by atomic mass is 10.2. The molecular formula is C11H10N4O2. The number of nitro benzene ring substituents is 1. The van der Waals surface area contributed by atoms with E-state index in [0.29, 0.717) is 12.4 Å². The zero-order valence-electron chi connectivity index (χ0n) is 8.91. The van der Waals surface area contributed by atoms with E-state index in [1.807, 2.05) is 0 Å². The van der Waals surface area contributed by atoms with Gasteiger partial charge in [-0.3, -0.25) is 10.1 Å². The summed E-state index contributed by atoms with van der Waals surface area (Å²) in [6, 6.07) is 9.97. The maximum atomic E-state index is 10.5. The van der Waals surface area contributed by atoms with Crippen molar-refractivity contribution < 1.29 is 4.92 Å². The third kappa shape index (κ3) is 2.97. The van der Waals surface area contributed by atoms with Gasteiger partial charge >= 0.3 is 0 Å². The van der Waals surface area contributed by atoms with E-state index in [0.717, 1.165) is 5.56 Å². The fourth-order valence-electron chi connectivity index (χ4n) is 1.32. The Morgan fingerprint density at radius 3 is 2.59 bits per heavy atom. The molecule has 0 spiro atoms. The predicted molar refractivity (Wildman–Crippen MR) is 62.5 cm³/mol. The van der Waals surface area contributed by atoms with Gasteiger partial charge in [0.15, 0.2) is 0 Å². The third-order valence-electron chi connectivity index (χ3n) is 2.19. The summed E-state index contributed by atoms with van der Waals surface area (Å²) in [5, 5.41) is 21.1. The molecular weight excluding hydrogens is 220 g/mol. The van der Waals surface area contributed by atoms with Gasteiger partial charge < -0.3 is 5.32 Å². The van der Waals surface area contributed by atoms with Crippen molar-refractivity contribution in [2.45, 2.75) is 6.54 Å². The van der Waals surface area contributed by atoms with Crippen LogP contribution in [0, 0.1) is 10.1 Å². The minimum absolute atomic E-state index is 0.0910. The largest absolute Gasteiger partial charge is 0.365 e. The van der Waals surface area contributed by atoms with Gasteiger partial charge in [0.05, 0.1) is 4.92 Å². The fraction of sp³-hybridized carbons (Fsp3) is 0.0909. The van der Waals surface area contributed by atoms with Gasteiger partial charge in [0.1, 0.15) is 5.82 Å². The van der Waals surface area contributed by atoms with Crippen LogP contribution in [0.2, 0.25) is 0 Å². The van der Waals surface area contributed by atoms with Gasteiger partial charge in [-0.25, -0.2) is 0 Å². The van der Waals surface area contributed by atoms with E-state index in [-0.39, 0.29) is 5.69 Å². The number of nitrogens with one attached hydrogen (secondary N) is 1. The molecule has 1 aromatic carbocycles. The number of aromatic nitrogens is 2. The maximum absolute atomic E-state index is 10.5. The van der Waals surface area contributed by atoms with Gasteiger partial charge in [-0.2, -0.15) is 5.10 Å². The number of non-ortho nitro benzene ring substituents is 1. The molecule has 0 fully saturated rings. The van der Waals surface area contributed by atoms with Gasteiger partial charge in [-0.15, -0.1) is 5.10 Å². The average molecular weight is 230 g/mol. The second-order valence-corrected chi connectivity index (χ2v) is 3.39. The highest BCUT2D eigenvalue weighted by Crippen LogP contribution is 2.12. The lowest BCUT2D eigenvalue weighted by Crippen LogP contribution is -2.01. The number of rotatable bonds is 4. The van der Waals surface area contributed by atoms with Crippen molar-refractivity contribution in [3.8, 4) is 0 Å². The van der Waals surface area contributed by atoms with Crippen LogP contribution in [0.25, 0.3) is 0 Å². The Labute approximate surface area is 97.5 Å². The van der Waals surface area contributed by atoms with Crippen molar-refractivity contribution in [1.82, 2.24) is 10.2 Å². The monoisotopic (exact) mass is 230 g/mol. The molecule has 1 aromatic heterocycles. The quantitative estimate of drug-likeness (QED) is 0.641. The molecule has 2 aromatic rings. The van der Waals surface area contributed by atoms with E-state index in [1.54, 1.807) is 30.5 Å². The van der Waals surface area contributed by atoms with Crippen LogP contribution in [-0.2, 0) is 6.54 Å². The van der Waals surface area contributed by atoms with E-state index in [1.165, 1.54) is 12.1 Å². The van der Waals surface area contributed by atoms with Crippen LogP contribution in [-0.4, -0.2) is 15.1 Å². The van der Waals surface area contributed by atoms with Crippen LogP contribution in [0.5, 0.6) is 0 Å². The molecule has 0 unspecified atom stereocenters. The molecule has 0 atom stereocenters. The summed E-state index contributed by atoms with van der Waals surface area (Å²) in [4.78, 5) is 10.0. The van der Waals surface area contributed by atoms with Crippen LogP contribution < -0.4 is 5.32 Å². The Balaban J connectivity index is 1.98. The standard InChI is InChI=1S/C11H10N4O2/c16-15(17)10-5-3-9(4-6-10)8-12-11-2-1-7-13-14-11/h1-7H,8H2,(H,12,14). The summed E-state index contributed by atoms with van der Waals surface area (Å²) in [5.74, 6) is 0.672. The minimum atomic E-state index is -0.417. The topological polar surface area (TPSA) is 81.0 Å². The first kappa shape index (κ1) is 11.0. The van der Waals surface area contributed by atoms with Gasteiger partial charge in [-0.05, 0) is 17.7 Å². The lowest BCUT2D eigenvalue weighted by molar-refractivity contribution is -0.384. The molecule has 0 radical (unpaired) electrons. The molecule has 6 nitrogen and oxygen atoms in total. The van der Waals surface area contributed by atoms with Gasteiger partial charge in [-0.1, -0.05) is 12.1 Å². The lowest BCUT2D eigenvalue weighted by Gasteiger charge is -2.03. The molecule has 0 aliphatic heterocycles. The van der Waals surface area contributed by atoms with Crippen molar-refractivity contribution in [2.75, 3.05) is 5.32 Å². The van der Waals surface area contributed by atoms with Crippen molar-refractivity contribution in [2.24, 2.45) is 0 Å². The van der Waals surface area contributed by atoms with Gasteiger partial charge in [0.25, 0.3) is 5.69 Å². The summed E-state index contributed by atoms with van der Waals surface area (Å²) in [6.45, 7) is 0.552. The summed E-state index contributed by atoms with van der Waals surface area (Å²) >= 11 is 0. The van der Waals surface area contributed by atoms with Gasteiger partial charge in [0, 0.05) is 24.9 Å². The van der Waals surface area contributed by atoms with E-state index < -0.39 is 4.92 Å². The van der Waals surface area contributed by atoms with E-state index >= 15 is 0 Å². The van der Waals surface area contributed by atoms with E-state index in [9.17, 15) is 10.1 Å². The Bertz CT molecular complexity index is 499. The van der Waals surface area contributed by atoms with Crippen LogP contribution in [0.3, 0.4) is 0 Å². The summed E-state index contributed by atoms with van der Waals surface area (Å²) in [6.07, 6.45) is 1.59. The molecule has 1 heterocycles. The third-order valence-corrected chi connectivity index (χ3v) is 2.19. The smallest absolute Gasteiger partial charge is 0.269 e. The average Bonchev–Trinajstić information content (AvgIpc) is 2.38. The fourth-order valence-corrected chi connectivity index (χ4v) is 1.32. The molecule has 0 saturated carbocycles. The molecule has 0 bridgehead atoms. The first-order chi connectivity index (χ1) is 8.25. The first-order valence-corrected chi connectivity index (χ1v) is 5.00. The van der Waals surface area contributed by atoms with Crippen molar-refractivity contribution in [1.29, 1.82) is 0 Å². The van der Waals surface area contributed by atoms with Gasteiger partial charge in [0.2, 0.25) is 0 Å². The molecule has 6 heteroatoms.